The van der Waals surface area contributed by atoms with E-state index in [0.29, 0.717) is 0 Å². The van der Waals surface area contributed by atoms with Crippen molar-refractivity contribution in [2.45, 2.75) is 27.2 Å². The average Bonchev–Trinajstić information content (AvgIpc) is 2.41. The molecule has 0 aliphatic carbocycles. The van der Waals surface area contributed by atoms with Crippen LogP contribution in [0.3, 0.4) is 0 Å². The zero-order valence-corrected chi connectivity index (χ0v) is 11.5. The molecule has 0 amide bonds. The van der Waals surface area contributed by atoms with Crippen LogP contribution < -0.4 is 0 Å². The van der Waals surface area contributed by atoms with Crippen LogP contribution in [-0.2, 0) is 6.42 Å². The highest BCUT2D eigenvalue weighted by Gasteiger charge is 2.07. The summed E-state index contributed by atoms with van der Waals surface area (Å²) < 4.78 is 0. The van der Waals surface area contributed by atoms with Gasteiger partial charge in [0.15, 0.2) is 0 Å². The van der Waals surface area contributed by atoms with Gasteiger partial charge in [-0.3, -0.25) is 0 Å². The van der Waals surface area contributed by atoms with Crippen LogP contribution in [0.5, 0.6) is 0 Å². The topological polar surface area (TPSA) is 0 Å². The third-order valence-corrected chi connectivity index (χ3v) is 3.58. The van der Waals surface area contributed by atoms with E-state index in [1.54, 1.807) is 0 Å². The molecule has 0 nitrogen and oxygen atoms in total. The van der Waals surface area contributed by atoms with Crippen molar-refractivity contribution in [3.8, 4) is 0 Å². The molecule has 0 fully saturated rings. The Hall–Kier alpha value is -1.82. The van der Waals surface area contributed by atoms with Gasteiger partial charge in [0.25, 0.3) is 0 Å². The Morgan fingerprint density at radius 1 is 1.00 bits per heavy atom. The summed E-state index contributed by atoms with van der Waals surface area (Å²) in [5.74, 6) is 0. The molecular weight excluding hydrogens is 216 g/mol. The summed E-state index contributed by atoms with van der Waals surface area (Å²) in [5, 5.41) is 0. The predicted octanol–water partition coefficient (Wildman–Crippen LogP) is 4.93. The fourth-order valence-corrected chi connectivity index (χ4v) is 2.21. The van der Waals surface area contributed by atoms with Crippen LogP contribution in [0.25, 0.3) is 5.57 Å². The molecular formula is C18H20. The van der Waals surface area contributed by atoms with Crippen molar-refractivity contribution >= 4 is 5.57 Å². The zero-order valence-electron chi connectivity index (χ0n) is 11.5. The Balaban J connectivity index is 2.44. The van der Waals surface area contributed by atoms with E-state index in [2.05, 4.69) is 69.8 Å². The van der Waals surface area contributed by atoms with Crippen LogP contribution in [0.1, 0.15) is 34.7 Å². The number of rotatable bonds is 3. The SMILES string of the molecule is C=C(c1ccc(C)c(C)c1)c1ccccc1CC. The normalized spacial score (nSPS) is 10.4. The van der Waals surface area contributed by atoms with E-state index in [4.69, 9.17) is 0 Å². The fraction of sp³-hybridized carbons (Fsp3) is 0.222. The second-order valence-electron chi connectivity index (χ2n) is 4.79. The van der Waals surface area contributed by atoms with Gasteiger partial charge in [-0.25, -0.2) is 0 Å². The van der Waals surface area contributed by atoms with E-state index in [9.17, 15) is 0 Å². The molecule has 92 valence electrons. The van der Waals surface area contributed by atoms with E-state index in [-0.39, 0.29) is 0 Å². The molecule has 0 bridgehead atoms. The van der Waals surface area contributed by atoms with Gasteiger partial charge >= 0.3 is 0 Å². The Morgan fingerprint density at radius 2 is 1.72 bits per heavy atom. The third kappa shape index (κ3) is 2.38. The van der Waals surface area contributed by atoms with Crippen molar-refractivity contribution < 1.29 is 0 Å². The molecule has 0 saturated heterocycles. The van der Waals surface area contributed by atoms with E-state index in [1.807, 2.05) is 0 Å². The van der Waals surface area contributed by atoms with E-state index >= 15 is 0 Å². The highest BCUT2D eigenvalue weighted by molar-refractivity contribution is 5.80. The molecule has 0 radical (unpaired) electrons. The first-order chi connectivity index (χ1) is 8.63. The average molecular weight is 236 g/mol. The maximum absolute atomic E-state index is 4.27. The van der Waals surface area contributed by atoms with Gasteiger partial charge in [-0.05, 0) is 53.7 Å². The van der Waals surface area contributed by atoms with Gasteiger partial charge in [0, 0.05) is 0 Å². The highest BCUT2D eigenvalue weighted by Crippen LogP contribution is 2.26. The summed E-state index contributed by atoms with van der Waals surface area (Å²) in [7, 11) is 0. The van der Waals surface area contributed by atoms with E-state index in [1.165, 1.54) is 27.8 Å². The second kappa shape index (κ2) is 5.22. The van der Waals surface area contributed by atoms with Crippen molar-refractivity contribution in [3.05, 3.63) is 76.9 Å². The van der Waals surface area contributed by atoms with Crippen molar-refractivity contribution in [1.29, 1.82) is 0 Å². The predicted molar refractivity (Wildman–Crippen MR) is 79.9 cm³/mol. The quantitative estimate of drug-likeness (QED) is 0.709. The molecule has 0 saturated carbocycles. The van der Waals surface area contributed by atoms with Gasteiger partial charge < -0.3 is 0 Å². The number of hydrogen-bond donors (Lipinski definition) is 0. The molecule has 0 unspecified atom stereocenters. The molecule has 2 aromatic carbocycles. The Morgan fingerprint density at radius 3 is 2.39 bits per heavy atom. The molecule has 0 aliphatic heterocycles. The van der Waals surface area contributed by atoms with Crippen molar-refractivity contribution in [3.63, 3.8) is 0 Å². The van der Waals surface area contributed by atoms with Gasteiger partial charge in [-0.2, -0.15) is 0 Å². The molecule has 0 heteroatoms. The van der Waals surface area contributed by atoms with Gasteiger partial charge in [-0.15, -0.1) is 0 Å². The smallest absolute Gasteiger partial charge is 0.0152 e. The lowest BCUT2D eigenvalue weighted by Gasteiger charge is -2.12. The molecule has 2 aromatic rings. The van der Waals surface area contributed by atoms with Gasteiger partial charge in [-0.1, -0.05) is 56.0 Å². The first kappa shape index (κ1) is 12.6. The molecule has 0 atom stereocenters. The summed E-state index contributed by atoms with van der Waals surface area (Å²) in [4.78, 5) is 0. The molecule has 0 aliphatic rings. The lowest BCUT2D eigenvalue weighted by atomic mass is 9.92. The van der Waals surface area contributed by atoms with Crippen LogP contribution in [0.4, 0.5) is 0 Å². The number of hydrogen-bond acceptors (Lipinski definition) is 0. The van der Waals surface area contributed by atoms with Crippen LogP contribution in [-0.4, -0.2) is 0 Å². The number of benzene rings is 2. The Bertz CT molecular complexity index is 576. The largest absolute Gasteiger partial charge is 0.0905 e. The minimum atomic E-state index is 1.04. The van der Waals surface area contributed by atoms with E-state index in [0.717, 1.165) is 12.0 Å². The van der Waals surface area contributed by atoms with Crippen LogP contribution in [0, 0.1) is 13.8 Å². The van der Waals surface area contributed by atoms with Crippen molar-refractivity contribution in [2.75, 3.05) is 0 Å². The Kier molecular flexibility index (Phi) is 3.66. The van der Waals surface area contributed by atoms with Crippen LogP contribution >= 0.6 is 0 Å². The first-order valence-electron chi connectivity index (χ1n) is 6.48. The molecule has 18 heavy (non-hydrogen) atoms. The monoisotopic (exact) mass is 236 g/mol. The lowest BCUT2D eigenvalue weighted by Crippen LogP contribution is -1.94. The molecule has 0 spiro atoms. The van der Waals surface area contributed by atoms with Gasteiger partial charge in [0.05, 0.1) is 0 Å². The Labute approximate surface area is 110 Å². The summed E-state index contributed by atoms with van der Waals surface area (Å²) in [6, 6.07) is 15.1. The molecule has 0 heterocycles. The van der Waals surface area contributed by atoms with Crippen LogP contribution in [0.15, 0.2) is 49.0 Å². The minimum absolute atomic E-state index is 1.04. The molecule has 0 N–H and O–H groups in total. The fourth-order valence-electron chi connectivity index (χ4n) is 2.21. The summed E-state index contributed by atoms with van der Waals surface area (Å²) in [6.45, 7) is 10.8. The maximum atomic E-state index is 4.27. The summed E-state index contributed by atoms with van der Waals surface area (Å²) in [6.07, 6.45) is 1.04. The van der Waals surface area contributed by atoms with Crippen LogP contribution in [0.2, 0.25) is 0 Å². The van der Waals surface area contributed by atoms with Crippen molar-refractivity contribution in [1.82, 2.24) is 0 Å². The zero-order chi connectivity index (χ0) is 13.1. The molecule has 0 aromatic heterocycles. The number of aryl methyl sites for hydroxylation is 3. The third-order valence-electron chi connectivity index (χ3n) is 3.58. The second-order valence-corrected chi connectivity index (χ2v) is 4.79. The van der Waals surface area contributed by atoms with Crippen molar-refractivity contribution in [2.24, 2.45) is 0 Å². The molecule has 2 rings (SSSR count). The van der Waals surface area contributed by atoms with E-state index < -0.39 is 0 Å². The standard InChI is InChI=1S/C18H20/c1-5-16-8-6-7-9-18(16)15(4)17-11-10-13(2)14(3)12-17/h6-12H,4-5H2,1-3H3. The first-order valence-corrected chi connectivity index (χ1v) is 6.48. The van der Waals surface area contributed by atoms with Gasteiger partial charge in [0.1, 0.15) is 0 Å². The minimum Gasteiger partial charge on any atom is -0.0905 e. The maximum Gasteiger partial charge on any atom is -0.0152 e. The summed E-state index contributed by atoms with van der Waals surface area (Å²) in [5.41, 5.74) is 7.62. The summed E-state index contributed by atoms with van der Waals surface area (Å²) >= 11 is 0. The van der Waals surface area contributed by atoms with Gasteiger partial charge in [0.2, 0.25) is 0 Å². The lowest BCUT2D eigenvalue weighted by molar-refractivity contribution is 1.13. The highest BCUT2D eigenvalue weighted by atomic mass is 14.1.